The lowest BCUT2D eigenvalue weighted by Gasteiger charge is -2.32. The Bertz CT molecular complexity index is 413. The molecule has 0 N–H and O–H groups in total. The normalized spacial score (nSPS) is 15.4. The summed E-state index contributed by atoms with van der Waals surface area (Å²) in [6.07, 6.45) is 1.31. The van der Waals surface area contributed by atoms with E-state index in [0.29, 0.717) is 12.2 Å². The molecule has 0 amide bonds. The molecule has 0 fully saturated rings. The lowest BCUT2D eigenvalue weighted by Crippen LogP contribution is -2.31. The van der Waals surface area contributed by atoms with Gasteiger partial charge in [-0.2, -0.15) is 0 Å². The van der Waals surface area contributed by atoms with Gasteiger partial charge in [-0.3, -0.25) is 4.57 Å². The number of thiocarbonyl (C=S) groups is 1. The quantitative estimate of drug-likeness (QED) is 0.478. The van der Waals surface area contributed by atoms with Gasteiger partial charge >= 0.3 is 6.65 Å². The highest BCUT2D eigenvalue weighted by Crippen LogP contribution is 2.63. The van der Waals surface area contributed by atoms with Gasteiger partial charge in [-0.05, 0) is 12.8 Å². The fraction of sp³-hybridized carbons (Fsp3) is 0.889. The number of hydrogen-bond donors (Lipinski definition) is 0. The van der Waals surface area contributed by atoms with Crippen LogP contribution >= 0.6 is 30.2 Å². The number of rotatable bonds is 9. The summed E-state index contributed by atoms with van der Waals surface area (Å²) in [6, 6.07) is 0. The molecule has 9 heteroatoms. The smallest absolute Gasteiger partial charge is 0.302 e. The van der Waals surface area contributed by atoms with E-state index in [1.54, 1.807) is 14.0 Å². The molecule has 0 aromatic rings. The highest BCUT2D eigenvalue weighted by molar-refractivity contribution is 8.57. The molecule has 0 aromatic carbocycles. The van der Waals surface area contributed by atoms with Crippen LogP contribution in [0.4, 0.5) is 0 Å². The maximum absolute atomic E-state index is 12.9. The Labute approximate surface area is 120 Å². The fourth-order valence-electron chi connectivity index (χ4n) is 1.19. The maximum Gasteiger partial charge on any atom is 0.308 e. The van der Waals surface area contributed by atoms with E-state index in [0.717, 1.165) is 21.9 Å². The van der Waals surface area contributed by atoms with E-state index in [2.05, 4.69) is 0 Å². The third-order valence-corrected chi connectivity index (χ3v) is 11.8. The molecule has 0 bridgehead atoms. The molecule has 0 aliphatic heterocycles. The van der Waals surface area contributed by atoms with Crippen molar-refractivity contribution in [2.75, 3.05) is 25.6 Å². The highest BCUT2D eigenvalue weighted by atomic mass is 32.7. The second-order valence-electron chi connectivity index (χ2n) is 3.75. The molecular weight excluding hydrogens is 311 g/mol. The lowest BCUT2D eigenvalue weighted by atomic mass is 10.6. The van der Waals surface area contributed by atoms with Gasteiger partial charge in [0.25, 0.3) is 0 Å². The largest absolute Gasteiger partial charge is 0.308 e. The molecule has 1 unspecified atom stereocenters. The molecule has 0 rings (SSSR count). The maximum atomic E-state index is 12.9. The van der Waals surface area contributed by atoms with Gasteiger partial charge in [0.2, 0.25) is 10.0 Å². The molecule has 0 aliphatic rings. The van der Waals surface area contributed by atoms with Crippen molar-refractivity contribution in [1.82, 2.24) is 8.75 Å². The predicted octanol–water partition coefficient (Wildman–Crippen LogP) is 2.80. The Hall–Kier alpha value is 0.380. The third-order valence-electron chi connectivity index (χ3n) is 2.24. The molecule has 5 nitrogen and oxygen atoms in total. The van der Waals surface area contributed by atoms with Crippen LogP contribution in [0.2, 0.25) is 0 Å². The lowest BCUT2D eigenvalue weighted by molar-refractivity contribution is 0.507. The van der Waals surface area contributed by atoms with Gasteiger partial charge < -0.3 is 4.67 Å². The van der Waals surface area contributed by atoms with Crippen LogP contribution in [0.5, 0.6) is 0 Å². The summed E-state index contributed by atoms with van der Waals surface area (Å²) in [7, 11) is -0.597. The van der Waals surface area contributed by atoms with E-state index in [4.69, 9.17) is 12.2 Å². The van der Waals surface area contributed by atoms with Gasteiger partial charge in [0.1, 0.15) is 0 Å². The van der Waals surface area contributed by atoms with Crippen molar-refractivity contribution >= 4 is 45.8 Å². The summed E-state index contributed by atoms with van der Waals surface area (Å²) in [4.78, 5) is 0. The fourth-order valence-corrected chi connectivity index (χ4v) is 9.44. The summed E-state index contributed by atoms with van der Waals surface area (Å²) in [6.45, 7) is 0.496. The first kappa shape index (κ1) is 18.4. The van der Waals surface area contributed by atoms with Crippen LogP contribution in [0, 0.1) is 0 Å². The highest BCUT2D eigenvalue weighted by Gasteiger charge is 2.39. The zero-order valence-electron chi connectivity index (χ0n) is 11.2. The zero-order valence-corrected chi connectivity index (χ0v) is 14.5. The van der Waals surface area contributed by atoms with Crippen molar-refractivity contribution in [2.24, 2.45) is 0 Å². The average Bonchev–Trinajstić information content (AvgIpc) is 2.33. The molecule has 0 saturated carbocycles. The van der Waals surface area contributed by atoms with Gasteiger partial charge in [0, 0.05) is 19.8 Å². The number of sulfonamides is 1. The SMILES string of the molecule is CCCSP(=O)(N(C)C=S)N(C)S(=O)(=O)CCC. The molecule has 0 aromatic heterocycles. The summed E-state index contributed by atoms with van der Waals surface area (Å²) >= 11 is 5.92. The topological polar surface area (TPSA) is 57.7 Å². The van der Waals surface area contributed by atoms with Crippen LogP contribution < -0.4 is 0 Å². The zero-order chi connectivity index (χ0) is 14.4. The summed E-state index contributed by atoms with van der Waals surface area (Å²) in [5.41, 5.74) is 1.24. The Morgan fingerprint density at radius 1 is 1.28 bits per heavy atom. The number of nitrogens with zero attached hydrogens (tertiary/aromatic N) is 2. The molecule has 0 radical (unpaired) electrons. The second kappa shape index (κ2) is 7.85. The standard InChI is InChI=1S/C9H21N2O3PS3/c1-5-7-17-15(12,10(3)9-16)11(4)18(13,14)8-6-2/h9H,5-8H2,1-4H3. The molecule has 0 aliphatic carbocycles. The van der Waals surface area contributed by atoms with Crippen LogP contribution in [0.1, 0.15) is 26.7 Å². The Balaban J connectivity index is 5.33. The average molecular weight is 332 g/mol. The first-order valence-electron chi connectivity index (χ1n) is 5.66. The number of hydrogen-bond acceptors (Lipinski definition) is 5. The van der Waals surface area contributed by atoms with Gasteiger partial charge in [-0.1, -0.05) is 37.4 Å². The van der Waals surface area contributed by atoms with Crippen LogP contribution in [0.25, 0.3) is 0 Å². The van der Waals surface area contributed by atoms with E-state index < -0.39 is 16.7 Å². The van der Waals surface area contributed by atoms with E-state index in [1.807, 2.05) is 6.92 Å². The monoisotopic (exact) mass is 332 g/mol. The van der Waals surface area contributed by atoms with Gasteiger partial charge in [-0.25, -0.2) is 8.42 Å². The Morgan fingerprint density at radius 3 is 2.22 bits per heavy atom. The van der Waals surface area contributed by atoms with Crippen molar-refractivity contribution in [3.05, 3.63) is 0 Å². The molecule has 1 atom stereocenters. The Morgan fingerprint density at radius 2 is 1.83 bits per heavy atom. The molecule has 0 spiro atoms. The van der Waals surface area contributed by atoms with Crippen molar-refractivity contribution in [3.8, 4) is 0 Å². The van der Waals surface area contributed by atoms with Crippen molar-refractivity contribution in [2.45, 2.75) is 26.7 Å². The minimum absolute atomic E-state index is 0.00849. The van der Waals surface area contributed by atoms with Gasteiger partial charge in [-0.15, -0.1) is 4.08 Å². The van der Waals surface area contributed by atoms with Crippen molar-refractivity contribution < 1.29 is 13.0 Å². The minimum Gasteiger partial charge on any atom is -0.302 e. The van der Waals surface area contributed by atoms with E-state index in [9.17, 15) is 13.0 Å². The van der Waals surface area contributed by atoms with E-state index in [1.165, 1.54) is 17.2 Å². The molecule has 0 saturated heterocycles. The van der Waals surface area contributed by atoms with Gasteiger partial charge in [0.05, 0.1) is 11.2 Å². The third kappa shape index (κ3) is 4.49. The first-order chi connectivity index (χ1) is 8.26. The van der Waals surface area contributed by atoms with E-state index in [-0.39, 0.29) is 5.75 Å². The summed E-state index contributed by atoms with van der Waals surface area (Å²) < 4.78 is 39.2. The summed E-state index contributed by atoms with van der Waals surface area (Å²) in [5, 5.41) is 0. The van der Waals surface area contributed by atoms with Crippen molar-refractivity contribution in [1.29, 1.82) is 0 Å². The molecule has 18 heavy (non-hydrogen) atoms. The van der Waals surface area contributed by atoms with Gasteiger partial charge in [0.15, 0.2) is 0 Å². The van der Waals surface area contributed by atoms with Crippen LogP contribution in [0.15, 0.2) is 0 Å². The van der Waals surface area contributed by atoms with Crippen LogP contribution in [-0.2, 0) is 14.6 Å². The van der Waals surface area contributed by atoms with Crippen LogP contribution in [0.3, 0.4) is 0 Å². The van der Waals surface area contributed by atoms with E-state index >= 15 is 0 Å². The second-order valence-corrected chi connectivity index (χ2v) is 11.4. The molecular formula is C9H21N2O3PS3. The molecule has 108 valence electrons. The first-order valence-corrected chi connectivity index (χ1v) is 10.9. The summed E-state index contributed by atoms with van der Waals surface area (Å²) in [5.74, 6) is 0.613. The van der Waals surface area contributed by atoms with Crippen LogP contribution in [-0.4, -0.2) is 48.3 Å². The van der Waals surface area contributed by atoms with Crippen molar-refractivity contribution in [3.63, 3.8) is 0 Å². The Kier molecular flexibility index (Phi) is 8.01. The minimum atomic E-state index is -3.51. The predicted molar refractivity (Wildman–Crippen MR) is 83.6 cm³/mol. The molecule has 0 heterocycles.